The van der Waals surface area contributed by atoms with Crippen molar-refractivity contribution in [3.8, 4) is 0 Å². The Morgan fingerprint density at radius 2 is 1.55 bits per heavy atom. The zero-order valence-corrected chi connectivity index (χ0v) is 17.2. The second-order valence-electron chi connectivity index (χ2n) is 8.05. The highest BCUT2D eigenvalue weighted by Gasteiger charge is 2.39. The topological polar surface area (TPSA) is 52.7 Å². The molecule has 154 valence electrons. The van der Waals surface area contributed by atoms with Crippen LogP contribution in [0, 0.1) is 18.2 Å². The molecule has 1 aliphatic heterocycles. The van der Waals surface area contributed by atoms with Crippen molar-refractivity contribution in [2.45, 2.75) is 27.3 Å². The number of benzene rings is 2. The molecule has 5 nitrogen and oxygen atoms in total. The second kappa shape index (κ2) is 8.64. The van der Waals surface area contributed by atoms with Crippen LogP contribution < -0.4 is 10.2 Å². The number of carbonyl (C=O) groups excluding carboxylic acids is 2. The molecule has 29 heavy (non-hydrogen) atoms. The summed E-state index contributed by atoms with van der Waals surface area (Å²) in [5.74, 6) is -0.706. The van der Waals surface area contributed by atoms with Crippen LogP contribution in [0.3, 0.4) is 0 Å². The van der Waals surface area contributed by atoms with Crippen molar-refractivity contribution in [1.82, 2.24) is 10.2 Å². The molecule has 1 fully saturated rings. The van der Waals surface area contributed by atoms with Gasteiger partial charge in [0.25, 0.3) is 0 Å². The molecule has 0 aliphatic carbocycles. The molecule has 2 aromatic rings. The lowest BCUT2D eigenvalue weighted by molar-refractivity contribution is -0.148. The van der Waals surface area contributed by atoms with E-state index in [2.05, 4.69) is 10.2 Å². The maximum absolute atomic E-state index is 13.1. The summed E-state index contributed by atoms with van der Waals surface area (Å²) in [5, 5.41) is 2.89. The van der Waals surface area contributed by atoms with E-state index in [1.165, 1.54) is 12.1 Å². The van der Waals surface area contributed by atoms with E-state index in [9.17, 15) is 14.0 Å². The van der Waals surface area contributed by atoms with Crippen LogP contribution in [0.1, 0.15) is 25.0 Å². The Morgan fingerprint density at radius 1 is 0.966 bits per heavy atom. The standard InChI is InChI=1S/C23H28FN3O2/c1-17-4-6-18(7-5-17)16-25-21(28)23(2,3)22(29)27-14-12-26(13-15-27)20-10-8-19(24)9-11-20/h4-11H,12-16H2,1-3H3,(H,25,28). The van der Waals surface area contributed by atoms with E-state index in [-0.39, 0.29) is 17.6 Å². The summed E-state index contributed by atoms with van der Waals surface area (Å²) in [7, 11) is 0. The van der Waals surface area contributed by atoms with Crippen molar-refractivity contribution in [3.63, 3.8) is 0 Å². The molecular formula is C23H28FN3O2. The largest absolute Gasteiger partial charge is 0.368 e. The van der Waals surface area contributed by atoms with E-state index < -0.39 is 5.41 Å². The third-order valence-corrected chi connectivity index (χ3v) is 5.43. The van der Waals surface area contributed by atoms with Crippen LogP contribution >= 0.6 is 0 Å². The summed E-state index contributed by atoms with van der Waals surface area (Å²) < 4.78 is 13.1. The molecule has 2 amide bonds. The van der Waals surface area contributed by atoms with Crippen LogP contribution in [0.15, 0.2) is 48.5 Å². The molecule has 1 aliphatic rings. The van der Waals surface area contributed by atoms with E-state index in [4.69, 9.17) is 0 Å². The Kier molecular flexibility index (Phi) is 6.20. The van der Waals surface area contributed by atoms with E-state index >= 15 is 0 Å². The van der Waals surface area contributed by atoms with Crippen molar-refractivity contribution < 1.29 is 14.0 Å². The summed E-state index contributed by atoms with van der Waals surface area (Å²) in [4.78, 5) is 29.6. The van der Waals surface area contributed by atoms with E-state index in [1.54, 1.807) is 30.9 Å². The molecule has 0 atom stereocenters. The lowest BCUT2D eigenvalue weighted by Crippen LogP contribution is -2.55. The maximum Gasteiger partial charge on any atom is 0.237 e. The molecule has 0 spiro atoms. The van der Waals surface area contributed by atoms with Gasteiger partial charge >= 0.3 is 0 Å². The number of amides is 2. The molecule has 0 aromatic heterocycles. The van der Waals surface area contributed by atoms with E-state index in [0.29, 0.717) is 32.7 Å². The summed E-state index contributed by atoms with van der Waals surface area (Å²) in [5.41, 5.74) is 1.96. The second-order valence-corrected chi connectivity index (χ2v) is 8.05. The quantitative estimate of drug-likeness (QED) is 0.789. The van der Waals surface area contributed by atoms with Crippen LogP contribution in [0.5, 0.6) is 0 Å². The van der Waals surface area contributed by atoms with Crippen molar-refractivity contribution in [2.75, 3.05) is 31.1 Å². The molecule has 0 saturated carbocycles. The average molecular weight is 397 g/mol. The fraction of sp³-hybridized carbons (Fsp3) is 0.391. The Hall–Kier alpha value is -2.89. The first-order valence-corrected chi connectivity index (χ1v) is 9.91. The predicted molar refractivity (Wildman–Crippen MR) is 112 cm³/mol. The molecule has 0 radical (unpaired) electrons. The third kappa shape index (κ3) is 4.94. The minimum atomic E-state index is -1.14. The van der Waals surface area contributed by atoms with Gasteiger partial charge in [-0.1, -0.05) is 29.8 Å². The number of halogens is 1. The van der Waals surface area contributed by atoms with Crippen LogP contribution in [-0.4, -0.2) is 42.9 Å². The van der Waals surface area contributed by atoms with Crippen LogP contribution in [0.2, 0.25) is 0 Å². The molecular weight excluding hydrogens is 369 g/mol. The number of anilines is 1. The summed E-state index contributed by atoms with van der Waals surface area (Å²) in [6.45, 7) is 8.12. The maximum atomic E-state index is 13.1. The normalized spacial score (nSPS) is 14.6. The summed E-state index contributed by atoms with van der Waals surface area (Å²) in [6, 6.07) is 14.3. The van der Waals surface area contributed by atoms with Gasteiger partial charge in [0.05, 0.1) is 0 Å². The first-order valence-electron chi connectivity index (χ1n) is 9.91. The number of rotatable bonds is 5. The SMILES string of the molecule is Cc1ccc(CNC(=O)C(C)(C)C(=O)N2CCN(c3ccc(F)cc3)CC2)cc1. The lowest BCUT2D eigenvalue weighted by Gasteiger charge is -2.39. The number of hydrogen-bond acceptors (Lipinski definition) is 3. The minimum absolute atomic E-state index is 0.169. The highest BCUT2D eigenvalue weighted by atomic mass is 19.1. The summed E-state index contributed by atoms with van der Waals surface area (Å²) >= 11 is 0. The Morgan fingerprint density at radius 3 is 2.14 bits per heavy atom. The van der Waals surface area contributed by atoms with Crippen LogP contribution in [-0.2, 0) is 16.1 Å². The van der Waals surface area contributed by atoms with E-state index in [0.717, 1.165) is 16.8 Å². The van der Waals surface area contributed by atoms with Gasteiger partial charge in [0.2, 0.25) is 11.8 Å². The summed E-state index contributed by atoms with van der Waals surface area (Å²) in [6.07, 6.45) is 0. The lowest BCUT2D eigenvalue weighted by atomic mass is 9.89. The highest BCUT2D eigenvalue weighted by Crippen LogP contribution is 2.23. The fourth-order valence-corrected chi connectivity index (χ4v) is 3.42. The molecule has 1 heterocycles. The molecule has 1 saturated heterocycles. The van der Waals surface area contributed by atoms with Gasteiger partial charge in [-0.3, -0.25) is 9.59 Å². The number of nitrogens with one attached hydrogen (secondary N) is 1. The van der Waals surface area contributed by atoms with Gasteiger partial charge in [-0.25, -0.2) is 4.39 Å². The number of carbonyl (C=O) groups is 2. The van der Waals surface area contributed by atoms with Gasteiger partial charge in [-0.05, 0) is 50.6 Å². The van der Waals surface area contributed by atoms with E-state index in [1.807, 2.05) is 31.2 Å². The number of piperazine rings is 1. The predicted octanol–water partition coefficient (Wildman–Crippen LogP) is 3.13. The van der Waals surface area contributed by atoms with Gasteiger partial charge in [0, 0.05) is 38.4 Å². The first-order chi connectivity index (χ1) is 13.8. The van der Waals surface area contributed by atoms with Crippen LogP contribution in [0.25, 0.3) is 0 Å². The molecule has 0 bridgehead atoms. The Labute approximate surface area is 171 Å². The van der Waals surface area contributed by atoms with Gasteiger partial charge in [0.15, 0.2) is 0 Å². The Balaban J connectivity index is 1.55. The van der Waals surface area contributed by atoms with Crippen molar-refractivity contribution in [2.24, 2.45) is 5.41 Å². The van der Waals surface area contributed by atoms with Crippen molar-refractivity contribution >= 4 is 17.5 Å². The van der Waals surface area contributed by atoms with Crippen LogP contribution in [0.4, 0.5) is 10.1 Å². The Bertz CT molecular complexity index is 855. The molecule has 0 unspecified atom stereocenters. The molecule has 3 rings (SSSR count). The van der Waals surface area contributed by atoms with Gasteiger partial charge in [-0.15, -0.1) is 0 Å². The third-order valence-electron chi connectivity index (χ3n) is 5.43. The minimum Gasteiger partial charge on any atom is -0.368 e. The first kappa shape index (κ1) is 20.8. The van der Waals surface area contributed by atoms with Gasteiger partial charge in [-0.2, -0.15) is 0 Å². The zero-order chi connectivity index (χ0) is 21.0. The zero-order valence-electron chi connectivity index (χ0n) is 17.2. The smallest absolute Gasteiger partial charge is 0.237 e. The van der Waals surface area contributed by atoms with Gasteiger partial charge in [0.1, 0.15) is 11.2 Å². The average Bonchev–Trinajstić information content (AvgIpc) is 2.73. The number of aryl methyl sites for hydroxylation is 1. The van der Waals surface area contributed by atoms with Crippen molar-refractivity contribution in [1.29, 1.82) is 0 Å². The monoisotopic (exact) mass is 397 g/mol. The number of nitrogens with zero attached hydrogens (tertiary/aromatic N) is 2. The fourth-order valence-electron chi connectivity index (χ4n) is 3.42. The molecule has 6 heteroatoms. The molecule has 2 aromatic carbocycles. The van der Waals surface area contributed by atoms with Gasteiger partial charge < -0.3 is 15.1 Å². The van der Waals surface area contributed by atoms with Crippen molar-refractivity contribution in [3.05, 3.63) is 65.5 Å². The molecule has 1 N–H and O–H groups in total. The number of hydrogen-bond donors (Lipinski definition) is 1. The highest BCUT2D eigenvalue weighted by molar-refractivity contribution is 6.04.